The van der Waals surface area contributed by atoms with Crippen LogP contribution in [0.3, 0.4) is 0 Å². The monoisotopic (exact) mass is 278 g/mol. The minimum atomic E-state index is -0.766. The van der Waals surface area contributed by atoms with Crippen LogP contribution in [-0.4, -0.2) is 37.5 Å². The summed E-state index contributed by atoms with van der Waals surface area (Å²) in [6.07, 6.45) is 2.22. The molecule has 5 heteroatoms. The Morgan fingerprint density at radius 3 is 2.75 bits per heavy atom. The molecular weight excluding hydrogens is 260 g/mol. The second kappa shape index (κ2) is 4.98. The zero-order valence-electron chi connectivity index (χ0n) is 11.4. The molecule has 1 aliphatic carbocycles. The number of carboxylic acid groups (broad SMARTS) is 1. The van der Waals surface area contributed by atoms with Gasteiger partial charge in [-0.3, -0.25) is 4.79 Å². The van der Waals surface area contributed by atoms with E-state index in [9.17, 15) is 9.90 Å². The molecule has 1 saturated carbocycles. The molecule has 2 aliphatic rings. The third-order valence-electron chi connectivity index (χ3n) is 4.06. The van der Waals surface area contributed by atoms with Gasteiger partial charge in [-0.2, -0.15) is 0 Å². The Balaban J connectivity index is 1.88. The first-order valence-electron chi connectivity index (χ1n) is 6.82. The van der Waals surface area contributed by atoms with E-state index in [0.717, 1.165) is 12.0 Å². The summed E-state index contributed by atoms with van der Waals surface area (Å²) in [6.45, 7) is 1.27. The number of rotatable bonds is 5. The number of aliphatic carboxylic acids is 1. The predicted octanol–water partition coefficient (Wildman–Crippen LogP) is 1.98. The zero-order valence-corrected chi connectivity index (χ0v) is 11.4. The van der Waals surface area contributed by atoms with Gasteiger partial charge in [-0.15, -0.1) is 0 Å². The lowest BCUT2D eigenvalue weighted by Crippen LogP contribution is -2.20. The van der Waals surface area contributed by atoms with Gasteiger partial charge in [0.1, 0.15) is 6.10 Å². The van der Waals surface area contributed by atoms with Crippen molar-refractivity contribution in [2.24, 2.45) is 0 Å². The summed E-state index contributed by atoms with van der Waals surface area (Å²) in [5.74, 6) is 0.465. The average Bonchev–Trinajstić information content (AvgIpc) is 3.12. The molecule has 1 heterocycles. The van der Waals surface area contributed by atoms with Crippen LogP contribution in [0.5, 0.6) is 11.5 Å². The Kier molecular flexibility index (Phi) is 3.30. The average molecular weight is 278 g/mol. The van der Waals surface area contributed by atoms with Gasteiger partial charge in [-0.1, -0.05) is 6.07 Å². The van der Waals surface area contributed by atoms with Gasteiger partial charge in [0.15, 0.2) is 11.5 Å². The first-order valence-corrected chi connectivity index (χ1v) is 6.82. The maximum Gasteiger partial charge on any atom is 0.314 e. The van der Waals surface area contributed by atoms with E-state index >= 15 is 0 Å². The predicted molar refractivity (Wildman–Crippen MR) is 71.4 cm³/mol. The van der Waals surface area contributed by atoms with Crippen molar-refractivity contribution in [2.75, 3.05) is 20.3 Å². The van der Waals surface area contributed by atoms with Gasteiger partial charge >= 0.3 is 5.97 Å². The zero-order chi connectivity index (χ0) is 14.2. The van der Waals surface area contributed by atoms with Crippen LogP contribution in [0.15, 0.2) is 18.2 Å². The minimum Gasteiger partial charge on any atom is -0.493 e. The topological polar surface area (TPSA) is 65.0 Å². The van der Waals surface area contributed by atoms with Gasteiger partial charge in [0, 0.05) is 6.42 Å². The van der Waals surface area contributed by atoms with E-state index in [2.05, 4.69) is 0 Å². The van der Waals surface area contributed by atoms with E-state index in [-0.39, 0.29) is 6.10 Å². The molecule has 20 heavy (non-hydrogen) atoms. The molecule has 3 rings (SSSR count). The second-order valence-electron chi connectivity index (χ2n) is 5.36. The van der Waals surface area contributed by atoms with Crippen LogP contribution in [-0.2, 0) is 14.9 Å². The first-order chi connectivity index (χ1) is 9.65. The maximum absolute atomic E-state index is 11.4. The summed E-state index contributed by atoms with van der Waals surface area (Å²) in [5, 5.41) is 9.37. The van der Waals surface area contributed by atoms with Crippen LogP contribution in [0.2, 0.25) is 0 Å². The molecule has 108 valence electrons. The summed E-state index contributed by atoms with van der Waals surface area (Å²) in [7, 11) is 1.58. The molecule has 1 aliphatic heterocycles. The van der Waals surface area contributed by atoms with Crippen LogP contribution >= 0.6 is 0 Å². The molecule has 1 unspecified atom stereocenters. The number of methoxy groups -OCH3 is 1. The van der Waals surface area contributed by atoms with Crippen molar-refractivity contribution >= 4 is 5.97 Å². The minimum absolute atomic E-state index is 0.0131. The smallest absolute Gasteiger partial charge is 0.314 e. The van der Waals surface area contributed by atoms with Crippen molar-refractivity contribution in [3.8, 4) is 11.5 Å². The largest absolute Gasteiger partial charge is 0.493 e. The molecule has 1 N–H and O–H groups in total. The van der Waals surface area contributed by atoms with Crippen molar-refractivity contribution in [2.45, 2.75) is 30.8 Å². The summed E-state index contributed by atoms with van der Waals surface area (Å²) in [5.41, 5.74) is 0.0658. The van der Waals surface area contributed by atoms with E-state index < -0.39 is 11.4 Å². The van der Waals surface area contributed by atoms with Gasteiger partial charge < -0.3 is 19.3 Å². The molecule has 0 bridgehead atoms. The molecule has 0 radical (unpaired) electrons. The van der Waals surface area contributed by atoms with Crippen LogP contribution in [0.25, 0.3) is 0 Å². The van der Waals surface area contributed by atoms with Gasteiger partial charge in [-0.25, -0.2) is 0 Å². The van der Waals surface area contributed by atoms with Crippen LogP contribution in [0.1, 0.15) is 24.8 Å². The van der Waals surface area contributed by atoms with E-state index in [1.54, 1.807) is 19.2 Å². The lowest BCUT2D eigenvalue weighted by Gasteiger charge is -2.18. The number of hydrogen-bond acceptors (Lipinski definition) is 4. The highest BCUT2D eigenvalue weighted by Gasteiger charge is 2.52. The lowest BCUT2D eigenvalue weighted by molar-refractivity contribution is -0.140. The fourth-order valence-electron chi connectivity index (χ4n) is 2.60. The van der Waals surface area contributed by atoms with E-state index in [1.807, 2.05) is 6.07 Å². The molecule has 1 aromatic carbocycles. The normalized spacial score (nSPS) is 23.4. The molecule has 5 nitrogen and oxygen atoms in total. The number of ether oxygens (including phenoxy) is 3. The third kappa shape index (κ3) is 2.22. The lowest BCUT2D eigenvalue weighted by atomic mass is 9.96. The SMILES string of the molecule is COc1ccc(C2(C(=O)O)CC2)cc1OC1CCOC1. The van der Waals surface area contributed by atoms with Crippen molar-refractivity contribution in [3.05, 3.63) is 23.8 Å². The molecule has 1 atom stereocenters. The summed E-state index contributed by atoms with van der Waals surface area (Å²) in [6, 6.07) is 5.40. The highest BCUT2D eigenvalue weighted by molar-refractivity contribution is 5.85. The number of benzene rings is 1. The quantitative estimate of drug-likeness (QED) is 0.892. The Bertz CT molecular complexity index is 515. The molecule has 1 aromatic rings. The molecule has 0 aromatic heterocycles. The molecule has 0 amide bonds. The number of carbonyl (C=O) groups is 1. The molecule has 0 spiro atoms. The third-order valence-corrected chi connectivity index (χ3v) is 4.06. The number of carboxylic acids is 1. The van der Waals surface area contributed by atoms with Crippen LogP contribution in [0.4, 0.5) is 0 Å². The van der Waals surface area contributed by atoms with Gasteiger partial charge in [0.2, 0.25) is 0 Å². The fourth-order valence-corrected chi connectivity index (χ4v) is 2.60. The van der Waals surface area contributed by atoms with Crippen molar-refractivity contribution in [3.63, 3.8) is 0 Å². The Morgan fingerprint density at radius 2 is 2.20 bits per heavy atom. The van der Waals surface area contributed by atoms with E-state index in [1.165, 1.54) is 0 Å². The highest BCUT2D eigenvalue weighted by atomic mass is 16.6. The molecule has 2 fully saturated rings. The van der Waals surface area contributed by atoms with Gasteiger partial charge in [0.05, 0.1) is 25.7 Å². The second-order valence-corrected chi connectivity index (χ2v) is 5.36. The van der Waals surface area contributed by atoms with Gasteiger partial charge in [-0.05, 0) is 30.5 Å². The van der Waals surface area contributed by atoms with Crippen molar-refractivity contribution in [1.29, 1.82) is 0 Å². The van der Waals surface area contributed by atoms with Crippen LogP contribution < -0.4 is 9.47 Å². The van der Waals surface area contributed by atoms with Gasteiger partial charge in [0.25, 0.3) is 0 Å². The fraction of sp³-hybridized carbons (Fsp3) is 0.533. The van der Waals surface area contributed by atoms with Crippen molar-refractivity contribution in [1.82, 2.24) is 0 Å². The standard InChI is InChI=1S/C15H18O5/c1-18-12-3-2-10(15(5-6-15)14(16)17)8-13(12)20-11-4-7-19-9-11/h2-3,8,11H,4-7,9H2,1H3,(H,16,17). The maximum atomic E-state index is 11.4. The van der Waals surface area contributed by atoms with Crippen LogP contribution in [0, 0.1) is 0 Å². The van der Waals surface area contributed by atoms with E-state index in [4.69, 9.17) is 14.2 Å². The molecular formula is C15H18O5. The van der Waals surface area contributed by atoms with E-state index in [0.29, 0.717) is 37.6 Å². The molecule has 1 saturated heterocycles. The number of hydrogen-bond donors (Lipinski definition) is 1. The summed E-state index contributed by atoms with van der Waals surface area (Å²) in [4.78, 5) is 11.4. The summed E-state index contributed by atoms with van der Waals surface area (Å²) < 4.78 is 16.5. The Labute approximate surface area is 117 Å². The van der Waals surface area contributed by atoms with Crippen molar-refractivity contribution < 1.29 is 24.1 Å². The summed E-state index contributed by atoms with van der Waals surface area (Å²) >= 11 is 0. The Hall–Kier alpha value is -1.75. The first kappa shape index (κ1) is 13.2. The Morgan fingerprint density at radius 1 is 1.40 bits per heavy atom. The highest BCUT2D eigenvalue weighted by Crippen LogP contribution is 2.50.